The van der Waals surface area contributed by atoms with Crippen LogP contribution in [0, 0.1) is 0 Å². The first-order valence-electron chi connectivity index (χ1n) is 5.18. The molecule has 0 unspecified atom stereocenters. The van der Waals surface area contributed by atoms with E-state index in [9.17, 15) is 4.79 Å². The number of hydrogen-bond acceptors (Lipinski definition) is 2. The van der Waals surface area contributed by atoms with E-state index in [1.165, 1.54) is 12.5 Å². The molecule has 88 valence electrons. The monoisotopic (exact) mass is 250 g/mol. The highest BCUT2D eigenvalue weighted by atomic mass is 35.5. The van der Waals surface area contributed by atoms with Crippen molar-refractivity contribution in [1.82, 2.24) is 9.55 Å². The first kappa shape index (κ1) is 11.7. The quantitative estimate of drug-likeness (QED) is 0.911. The van der Waals surface area contributed by atoms with E-state index in [0.29, 0.717) is 5.02 Å². The lowest BCUT2D eigenvalue weighted by molar-refractivity contribution is 0.0691. The van der Waals surface area contributed by atoms with Crippen molar-refractivity contribution < 1.29 is 9.90 Å². The smallest absolute Gasteiger partial charge is 0.356 e. The van der Waals surface area contributed by atoms with Crippen LogP contribution in [0.2, 0.25) is 5.02 Å². The highest BCUT2D eigenvalue weighted by Crippen LogP contribution is 2.20. The number of carbonyl (C=O) groups is 1. The van der Waals surface area contributed by atoms with E-state index in [1.54, 1.807) is 10.6 Å². The topological polar surface area (TPSA) is 55.1 Å². The van der Waals surface area contributed by atoms with Crippen molar-refractivity contribution >= 4 is 17.6 Å². The molecule has 5 heteroatoms. The second kappa shape index (κ2) is 4.59. The van der Waals surface area contributed by atoms with E-state index in [2.05, 4.69) is 4.98 Å². The molecule has 0 fully saturated rings. The summed E-state index contributed by atoms with van der Waals surface area (Å²) in [6.45, 7) is 2.02. The van der Waals surface area contributed by atoms with Crippen LogP contribution in [0.4, 0.5) is 0 Å². The van der Waals surface area contributed by atoms with Gasteiger partial charge in [-0.05, 0) is 30.2 Å². The zero-order chi connectivity index (χ0) is 12.4. The van der Waals surface area contributed by atoms with Crippen LogP contribution in [0.3, 0.4) is 0 Å². The van der Waals surface area contributed by atoms with E-state index >= 15 is 0 Å². The largest absolute Gasteiger partial charge is 0.476 e. The van der Waals surface area contributed by atoms with Gasteiger partial charge in [-0.25, -0.2) is 9.78 Å². The Bertz CT molecular complexity index is 563. The maximum Gasteiger partial charge on any atom is 0.356 e. The molecule has 0 aliphatic rings. The Hall–Kier alpha value is -1.81. The van der Waals surface area contributed by atoms with Crippen LogP contribution in [0.5, 0.6) is 0 Å². The molecule has 4 nitrogen and oxygen atoms in total. The molecular formula is C12H11ClN2O2. The molecule has 0 bridgehead atoms. The molecule has 1 N–H and O–H groups in total. The molecule has 2 rings (SSSR count). The fraction of sp³-hybridized carbons (Fsp3) is 0.167. The molecule has 17 heavy (non-hydrogen) atoms. The first-order chi connectivity index (χ1) is 8.11. The van der Waals surface area contributed by atoms with Gasteiger partial charge in [-0.2, -0.15) is 0 Å². The van der Waals surface area contributed by atoms with Gasteiger partial charge in [-0.15, -0.1) is 0 Å². The highest BCUT2D eigenvalue weighted by Gasteiger charge is 2.09. The Morgan fingerprint density at radius 3 is 2.88 bits per heavy atom. The van der Waals surface area contributed by atoms with Crippen LogP contribution in [0.1, 0.15) is 23.0 Å². The molecule has 0 atom stereocenters. The maximum absolute atomic E-state index is 10.8. The number of nitrogens with zero attached hydrogens (tertiary/aromatic N) is 2. The minimum Gasteiger partial charge on any atom is -0.476 e. The number of hydrogen-bond donors (Lipinski definition) is 1. The lowest BCUT2D eigenvalue weighted by atomic mass is 10.1. The van der Waals surface area contributed by atoms with Gasteiger partial charge in [-0.3, -0.25) is 0 Å². The summed E-state index contributed by atoms with van der Waals surface area (Å²) in [5.41, 5.74) is 1.98. The van der Waals surface area contributed by atoms with E-state index in [4.69, 9.17) is 16.7 Å². The van der Waals surface area contributed by atoms with Crippen molar-refractivity contribution in [3.05, 3.63) is 47.0 Å². The van der Waals surface area contributed by atoms with Crippen molar-refractivity contribution in [2.75, 3.05) is 0 Å². The maximum atomic E-state index is 10.8. The second-order valence-electron chi connectivity index (χ2n) is 3.60. The average molecular weight is 251 g/mol. The molecule has 0 aliphatic heterocycles. The number of aromatic carboxylic acids is 1. The standard InChI is InChI=1S/C12H11ClN2O2/c1-2-8-5-9(13)3-4-11(8)15-6-10(12(16)17)14-7-15/h3-7H,2H2,1H3,(H,16,17). The van der Waals surface area contributed by atoms with E-state index in [0.717, 1.165) is 17.7 Å². The zero-order valence-electron chi connectivity index (χ0n) is 9.22. The van der Waals surface area contributed by atoms with Crippen LogP contribution >= 0.6 is 11.6 Å². The number of imidazole rings is 1. The minimum atomic E-state index is -1.03. The van der Waals surface area contributed by atoms with Crippen molar-refractivity contribution in [2.45, 2.75) is 13.3 Å². The molecule has 0 aliphatic carbocycles. The second-order valence-corrected chi connectivity index (χ2v) is 4.03. The summed E-state index contributed by atoms with van der Waals surface area (Å²) in [6, 6.07) is 5.50. The molecule has 1 heterocycles. The number of aryl methyl sites for hydroxylation is 1. The summed E-state index contributed by atoms with van der Waals surface area (Å²) in [5.74, 6) is -1.03. The molecule has 0 saturated heterocycles. The van der Waals surface area contributed by atoms with Gasteiger partial charge in [0.05, 0.1) is 0 Å². The number of halogens is 1. The Balaban J connectivity index is 2.48. The summed E-state index contributed by atoms with van der Waals surface area (Å²) in [4.78, 5) is 14.6. The van der Waals surface area contributed by atoms with E-state index in [-0.39, 0.29) is 5.69 Å². The third-order valence-electron chi connectivity index (χ3n) is 2.50. The van der Waals surface area contributed by atoms with Crippen LogP contribution in [-0.2, 0) is 6.42 Å². The number of carboxylic acids is 1. The Labute approximate surface area is 103 Å². The lowest BCUT2D eigenvalue weighted by Gasteiger charge is -2.08. The van der Waals surface area contributed by atoms with Crippen molar-refractivity contribution in [3.63, 3.8) is 0 Å². The van der Waals surface area contributed by atoms with Crippen LogP contribution in [-0.4, -0.2) is 20.6 Å². The zero-order valence-corrected chi connectivity index (χ0v) is 9.98. The predicted octanol–water partition coefficient (Wildman–Crippen LogP) is 2.79. The van der Waals surface area contributed by atoms with Gasteiger partial charge in [0.25, 0.3) is 0 Å². The summed E-state index contributed by atoms with van der Waals surface area (Å²) < 4.78 is 1.69. The van der Waals surface area contributed by atoms with Crippen LogP contribution in [0.25, 0.3) is 5.69 Å². The van der Waals surface area contributed by atoms with Crippen molar-refractivity contribution in [2.24, 2.45) is 0 Å². The summed E-state index contributed by atoms with van der Waals surface area (Å²) in [6.07, 6.45) is 3.80. The average Bonchev–Trinajstić information content (AvgIpc) is 2.78. The summed E-state index contributed by atoms with van der Waals surface area (Å²) in [5, 5.41) is 9.49. The Morgan fingerprint density at radius 2 is 2.29 bits per heavy atom. The fourth-order valence-corrected chi connectivity index (χ4v) is 1.85. The van der Waals surface area contributed by atoms with E-state index in [1.807, 2.05) is 19.1 Å². The predicted molar refractivity (Wildman–Crippen MR) is 64.9 cm³/mol. The van der Waals surface area contributed by atoms with Gasteiger partial charge in [0, 0.05) is 16.9 Å². The third-order valence-corrected chi connectivity index (χ3v) is 2.74. The number of rotatable bonds is 3. The molecule has 0 amide bonds. The van der Waals surface area contributed by atoms with Gasteiger partial charge >= 0.3 is 5.97 Å². The highest BCUT2D eigenvalue weighted by molar-refractivity contribution is 6.30. The fourth-order valence-electron chi connectivity index (χ4n) is 1.65. The number of aromatic nitrogens is 2. The van der Waals surface area contributed by atoms with Gasteiger partial charge in [0.2, 0.25) is 0 Å². The molecule has 2 aromatic rings. The summed E-state index contributed by atoms with van der Waals surface area (Å²) in [7, 11) is 0. The van der Waals surface area contributed by atoms with Crippen molar-refractivity contribution in [3.8, 4) is 5.69 Å². The molecule has 1 aromatic carbocycles. The normalized spacial score (nSPS) is 10.5. The molecule has 0 radical (unpaired) electrons. The first-order valence-corrected chi connectivity index (χ1v) is 5.55. The van der Waals surface area contributed by atoms with Gasteiger partial charge in [-0.1, -0.05) is 18.5 Å². The van der Waals surface area contributed by atoms with Gasteiger partial charge in [0.1, 0.15) is 6.33 Å². The molecule has 1 aromatic heterocycles. The van der Waals surface area contributed by atoms with Crippen LogP contribution < -0.4 is 0 Å². The lowest BCUT2D eigenvalue weighted by Crippen LogP contribution is -1.98. The summed E-state index contributed by atoms with van der Waals surface area (Å²) >= 11 is 5.92. The van der Waals surface area contributed by atoms with Gasteiger partial charge < -0.3 is 9.67 Å². The third kappa shape index (κ3) is 2.31. The number of carboxylic acid groups (broad SMARTS) is 1. The molecular weight excluding hydrogens is 240 g/mol. The number of benzene rings is 1. The molecule has 0 spiro atoms. The van der Waals surface area contributed by atoms with Crippen LogP contribution in [0.15, 0.2) is 30.7 Å². The van der Waals surface area contributed by atoms with Gasteiger partial charge in [0.15, 0.2) is 5.69 Å². The molecule has 0 saturated carbocycles. The minimum absolute atomic E-state index is 0.0296. The van der Waals surface area contributed by atoms with E-state index < -0.39 is 5.97 Å². The Kier molecular flexibility index (Phi) is 3.15. The Morgan fingerprint density at radius 1 is 1.53 bits per heavy atom. The SMILES string of the molecule is CCc1cc(Cl)ccc1-n1cnc(C(=O)O)c1. The van der Waals surface area contributed by atoms with Crippen molar-refractivity contribution in [1.29, 1.82) is 0 Å².